The van der Waals surface area contributed by atoms with Crippen LogP contribution in [0.5, 0.6) is 0 Å². The number of pyridine rings is 1. The largest absolute Gasteiger partial charge is 0.324 e. The van der Waals surface area contributed by atoms with E-state index in [1.54, 1.807) is 6.07 Å². The van der Waals surface area contributed by atoms with Gasteiger partial charge in [-0.15, -0.1) is 0 Å². The van der Waals surface area contributed by atoms with Crippen molar-refractivity contribution in [2.75, 3.05) is 5.32 Å². The summed E-state index contributed by atoms with van der Waals surface area (Å²) in [6, 6.07) is 12.7. The summed E-state index contributed by atoms with van der Waals surface area (Å²) in [7, 11) is 0. The SMILES string of the molecule is Cc1cccc(=O)n1CC(=O)Nc1ccccc1C(C)C. The van der Waals surface area contributed by atoms with Crippen molar-refractivity contribution in [2.24, 2.45) is 0 Å². The fraction of sp³-hybridized carbons (Fsp3) is 0.294. The second-order valence-corrected chi connectivity index (χ2v) is 5.38. The Kier molecular flexibility index (Phi) is 4.58. The standard InChI is InChI=1S/C17H20N2O2/c1-12(2)14-8-4-5-9-15(14)18-16(20)11-19-13(3)7-6-10-17(19)21/h4-10,12H,11H2,1-3H3,(H,18,20). The molecule has 1 heterocycles. The van der Waals surface area contributed by atoms with E-state index >= 15 is 0 Å². The third-order valence-corrected chi connectivity index (χ3v) is 3.43. The lowest BCUT2D eigenvalue weighted by atomic mass is 10.0. The van der Waals surface area contributed by atoms with Gasteiger partial charge in [-0.2, -0.15) is 0 Å². The Balaban J connectivity index is 2.18. The monoisotopic (exact) mass is 284 g/mol. The van der Waals surface area contributed by atoms with E-state index in [1.165, 1.54) is 10.6 Å². The molecule has 110 valence electrons. The number of aryl methyl sites for hydroxylation is 1. The number of hydrogen-bond acceptors (Lipinski definition) is 2. The van der Waals surface area contributed by atoms with Crippen molar-refractivity contribution < 1.29 is 4.79 Å². The Morgan fingerprint density at radius 1 is 1.14 bits per heavy atom. The van der Waals surface area contributed by atoms with Gasteiger partial charge in [-0.25, -0.2) is 0 Å². The van der Waals surface area contributed by atoms with Crippen LogP contribution in [0.1, 0.15) is 31.0 Å². The van der Waals surface area contributed by atoms with E-state index in [4.69, 9.17) is 0 Å². The molecule has 1 N–H and O–H groups in total. The smallest absolute Gasteiger partial charge is 0.251 e. The third-order valence-electron chi connectivity index (χ3n) is 3.43. The highest BCUT2D eigenvalue weighted by atomic mass is 16.2. The maximum absolute atomic E-state index is 12.2. The Morgan fingerprint density at radius 2 is 1.86 bits per heavy atom. The maximum atomic E-state index is 12.2. The van der Waals surface area contributed by atoms with Crippen molar-refractivity contribution in [3.05, 3.63) is 64.1 Å². The number of para-hydroxylation sites is 1. The number of amides is 1. The van der Waals surface area contributed by atoms with Gasteiger partial charge >= 0.3 is 0 Å². The van der Waals surface area contributed by atoms with Crippen molar-refractivity contribution in [1.29, 1.82) is 0 Å². The predicted molar refractivity (Wildman–Crippen MR) is 84.6 cm³/mol. The summed E-state index contributed by atoms with van der Waals surface area (Å²) in [5, 5.41) is 2.90. The molecule has 1 aromatic carbocycles. The topological polar surface area (TPSA) is 51.1 Å². The highest BCUT2D eigenvalue weighted by Gasteiger charge is 2.10. The van der Waals surface area contributed by atoms with Gasteiger partial charge in [0, 0.05) is 17.4 Å². The van der Waals surface area contributed by atoms with Crippen LogP contribution in [0.2, 0.25) is 0 Å². The van der Waals surface area contributed by atoms with Crippen LogP contribution in [-0.4, -0.2) is 10.5 Å². The van der Waals surface area contributed by atoms with Gasteiger partial charge in [-0.05, 0) is 30.5 Å². The van der Waals surface area contributed by atoms with Crippen molar-refractivity contribution >= 4 is 11.6 Å². The molecule has 1 aromatic heterocycles. The first kappa shape index (κ1) is 15.0. The molecule has 0 aliphatic carbocycles. The van der Waals surface area contributed by atoms with Crippen LogP contribution in [0.3, 0.4) is 0 Å². The van der Waals surface area contributed by atoms with E-state index < -0.39 is 0 Å². The molecule has 2 aromatic rings. The first-order chi connectivity index (χ1) is 9.99. The molecule has 0 unspecified atom stereocenters. The summed E-state index contributed by atoms with van der Waals surface area (Å²) in [6.07, 6.45) is 0. The van der Waals surface area contributed by atoms with Crippen molar-refractivity contribution in [2.45, 2.75) is 33.2 Å². The van der Waals surface area contributed by atoms with Crippen molar-refractivity contribution in [3.63, 3.8) is 0 Å². The lowest BCUT2D eigenvalue weighted by Crippen LogP contribution is -2.28. The van der Waals surface area contributed by atoms with Gasteiger partial charge in [0.2, 0.25) is 5.91 Å². The van der Waals surface area contributed by atoms with Gasteiger partial charge in [0.1, 0.15) is 6.54 Å². The van der Waals surface area contributed by atoms with E-state index in [-0.39, 0.29) is 18.0 Å². The zero-order valence-electron chi connectivity index (χ0n) is 12.6. The number of carbonyl (C=O) groups is 1. The van der Waals surface area contributed by atoms with Crippen LogP contribution in [0, 0.1) is 6.92 Å². The Bertz CT molecular complexity index is 702. The van der Waals surface area contributed by atoms with E-state index in [1.807, 2.05) is 37.3 Å². The summed E-state index contributed by atoms with van der Waals surface area (Å²) in [6.45, 7) is 6.00. The summed E-state index contributed by atoms with van der Waals surface area (Å²) in [5.41, 5.74) is 2.50. The second-order valence-electron chi connectivity index (χ2n) is 5.38. The predicted octanol–water partition coefficient (Wildman–Crippen LogP) is 2.92. The lowest BCUT2D eigenvalue weighted by Gasteiger charge is -2.14. The molecule has 0 saturated heterocycles. The normalized spacial score (nSPS) is 10.7. The Hall–Kier alpha value is -2.36. The Morgan fingerprint density at radius 3 is 2.52 bits per heavy atom. The van der Waals surface area contributed by atoms with Crippen LogP contribution in [-0.2, 0) is 11.3 Å². The van der Waals surface area contributed by atoms with Crippen molar-refractivity contribution in [1.82, 2.24) is 4.57 Å². The third kappa shape index (κ3) is 3.60. The summed E-state index contributed by atoms with van der Waals surface area (Å²) < 4.78 is 1.47. The van der Waals surface area contributed by atoms with E-state index in [0.717, 1.165) is 16.9 Å². The molecule has 0 spiro atoms. The zero-order valence-corrected chi connectivity index (χ0v) is 12.6. The first-order valence-electron chi connectivity index (χ1n) is 7.04. The van der Waals surface area contributed by atoms with Gasteiger partial charge < -0.3 is 9.88 Å². The van der Waals surface area contributed by atoms with Gasteiger partial charge in [0.15, 0.2) is 0 Å². The molecule has 21 heavy (non-hydrogen) atoms. The van der Waals surface area contributed by atoms with Crippen LogP contribution < -0.4 is 10.9 Å². The molecule has 4 nitrogen and oxygen atoms in total. The lowest BCUT2D eigenvalue weighted by molar-refractivity contribution is -0.116. The zero-order chi connectivity index (χ0) is 15.4. The summed E-state index contributed by atoms with van der Waals surface area (Å²) in [4.78, 5) is 24.0. The molecule has 0 aliphatic heterocycles. The number of hydrogen-bond donors (Lipinski definition) is 1. The molecule has 2 rings (SSSR count). The van der Waals surface area contributed by atoms with Gasteiger partial charge in [-0.3, -0.25) is 9.59 Å². The van der Waals surface area contributed by atoms with E-state index in [0.29, 0.717) is 5.92 Å². The number of rotatable bonds is 4. The maximum Gasteiger partial charge on any atom is 0.251 e. The van der Waals surface area contributed by atoms with E-state index in [2.05, 4.69) is 19.2 Å². The summed E-state index contributed by atoms with van der Waals surface area (Å²) in [5.74, 6) is 0.127. The fourth-order valence-electron chi connectivity index (χ4n) is 2.27. The molecule has 4 heteroatoms. The molecule has 0 bridgehead atoms. The number of carbonyl (C=O) groups excluding carboxylic acids is 1. The fourth-order valence-corrected chi connectivity index (χ4v) is 2.27. The molecule has 1 amide bonds. The molecule has 0 aliphatic rings. The quantitative estimate of drug-likeness (QED) is 0.938. The average Bonchev–Trinajstić information content (AvgIpc) is 2.43. The van der Waals surface area contributed by atoms with Crippen molar-refractivity contribution in [3.8, 4) is 0 Å². The number of aromatic nitrogens is 1. The van der Waals surface area contributed by atoms with Crippen LogP contribution >= 0.6 is 0 Å². The highest BCUT2D eigenvalue weighted by Crippen LogP contribution is 2.23. The number of nitrogens with zero attached hydrogens (tertiary/aromatic N) is 1. The van der Waals surface area contributed by atoms with Crippen LogP contribution in [0.15, 0.2) is 47.3 Å². The minimum Gasteiger partial charge on any atom is -0.324 e. The molecule has 0 radical (unpaired) electrons. The minimum atomic E-state index is -0.195. The number of benzene rings is 1. The van der Waals surface area contributed by atoms with Gasteiger partial charge in [0.25, 0.3) is 5.56 Å². The van der Waals surface area contributed by atoms with Crippen LogP contribution in [0.4, 0.5) is 5.69 Å². The number of anilines is 1. The van der Waals surface area contributed by atoms with Gasteiger partial charge in [-0.1, -0.05) is 38.1 Å². The second kappa shape index (κ2) is 6.39. The van der Waals surface area contributed by atoms with Gasteiger partial charge in [0.05, 0.1) is 0 Å². The van der Waals surface area contributed by atoms with Crippen LogP contribution in [0.25, 0.3) is 0 Å². The molecule has 0 atom stereocenters. The number of nitrogens with one attached hydrogen (secondary N) is 1. The molecule has 0 fully saturated rings. The minimum absolute atomic E-state index is 0.0257. The highest BCUT2D eigenvalue weighted by molar-refractivity contribution is 5.91. The average molecular weight is 284 g/mol. The first-order valence-corrected chi connectivity index (χ1v) is 7.04. The molecule has 0 saturated carbocycles. The molecular weight excluding hydrogens is 264 g/mol. The summed E-state index contributed by atoms with van der Waals surface area (Å²) >= 11 is 0. The Labute approximate surface area is 124 Å². The molecular formula is C17H20N2O2. The van der Waals surface area contributed by atoms with E-state index in [9.17, 15) is 9.59 Å².